The molecule has 1 aromatic rings. The van der Waals surface area contributed by atoms with Gasteiger partial charge in [0.05, 0.1) is 0 Å². The summed E-state index contributed by atoms with van der Waals surface area (Å²) in [4.78, 5) is 12.0. The third-order valence-electron chi connectivity index (χ3n) is 3.70. The maximum Gasteiger partial charge on any atom is 0.238 e. The lowest BCUT2D eigenvalue weighted by Crippen LogP contribution is -2.61. The average Bonchev–Trinajstić information content (AvgIpc) is 3.22. The summed E-state index contributed by atoms with van der Waals surface area (Å²) in [6.45, 7) is 4.14. The smallest absolute Gasteiger partial charge is 0.238 e. The van der Waals surface area contributed by atoms with Gasteiger partial charge in [0, 0.05) is 17.5 Å². The Balaban J connectivity index is 1.98. The van der Waals surface area contributed by atoms with E-state index in [4.69, 9.17) is 5.73 Å². The van der Waals surface area contributed by atoms with Crippen LogP contribution in [0, 0.1) is 5.92 Å². The molecule has 1 unspecified atom stereocenters. The second-order valence-corrected chi connectivity index (χ2v) is 6.87. The van der Waals surface area contributed by atoms with Crippen molar-refractivity contribution in [1.82, 2.24) is 5.32 Å². The van der Waals surface area contributed by atoms with Crippen molar-refractivity contribution in [3.8, 4) is 0 Å². The molecule has 110 valence electrons. The van der Waals surface area contributed by atoms with E-state index in [0.717, 1.165) is 24.3 Å². The molecular weight excluding hydrogens is 268 g/mol. The second-order valence-electron chi connectivity index (χ2n) is 5.89. The van der Waals surface area contributed by atoms with Gasteiger partial charge in [0.1, 0.15) is 5.54 Å². The number of hydrogen-bond acceptors (Lipinski definition) is 3. The van der Waals surface area contributed by atoms with Crippen molar-refractivity contribution >= 4 is 17.7 Å². The number of primary amides is 1. The van der Waals surface area contributed by atoms with E-state index in [1.165, 1.54) is 5.56 Å². The van der Waals surface area contributed by atoms with Gasteiger partial charge in [-0.2, -0.15) is 11.8 Å². The predicted molar refractivity (Wildman–Crippen MR) is 85.5 cm³/mol. The van der Waals surface area contributed by atoms with Crippen molar-refractivity contribution in [3.05, 3.63) is 35.9 Å². The molecule has 0 aromatic heterocycles. The lowest BCUT2D eigenvalue weighted by molar-refractivity contribution is -0.124. The molecule has 0 saturated heterocycles. The highest BCUT2D eigenvalue weighted by molar-refractivity contribution is 7.98. The number of nitrogens with one attached hydrogen (secondary N) is 1. The van der Waals surface area contributed by atoms with Gasteiger partial charge in [-0.25, -0.2) is 0 Å². The van der Waals surface area contributed by atoms with Gasteiger partial charge in [0.25, 0.3) is 0 Å². The van der Waals surface area contributed by atoms with E-state index in [9.17, 15) is 4.79 Å². The van der Waals surface area contributed by atoms with Gasteiger partial charge in [0.15, 0.2) is 0 Å². The van der Waals surface area contributed by atoms with Gasteiger partial charge in [-0.15, -0.1) is 0 Å². The number of rotatable bonds is 8. The van der Waals surface area contributed by atoms with Crippen LogP contribution in [0.25, 0.3) is 0 Å². The topological polar surface area (TPSA) is 55.1 Å². The lowest BCUT2D eigenvalue weighted by Gasteiger charge is -2.34. The molecule has 1 atom stereocenters. The first kappa shape index (κ1) is 15.4. The first-order valence-corrected chi connectivity index (χ1v) is 8.39. The van der Waals surface area contributed by atoms with Gasteiger partial charge in [0.2, 0.25) is 5.91 Å². The third kappa shape index (κ3) is 3.76. The zero-order valence-electron chi connectivity index (χ0n) is 12.3. The van der Waals surface area contributed by atoms with E-state index in [1.807, 2.05) is 18.2 Å². The number of nitrogens with two attached hydrogens (primary N) is 1. The monoisotopic (exact) mass is 292 g/mol. The van der Waals surface area contributed by atoms with Crippen molar-refractivity contribution in [1.29, 1.82) is 0 Å². The summed E-state index contributed by atoms with van der Waals surface area (Å²) in [6, 6.07) is 10.6. The summed E-state index contributed by atoms with van der Waals surface area (Å²) in [5.74, 6) is 1.88. The Bertz CT molecular complexity index is 445. The van der Waals surface area contributed by atoms with Crippen LogP contribution < -0.4 is 11.1 Å². The maximum atomic E-state index is 12.0. The van der Waals surface area contributed by atoms with Crippen LogP contribution in [-0.2, 0) is 10.5 Å². The average molecular weight is 292 g/mol. The van der Waals surface area contributed by atoms with E-state index in [2.05, 4.69) is 31.3 Å². The number of amides is 1. The minimum atomic E-state index is -0.534. The number of benzene rings is 1. The summed E-state index contributed by atoms with van der Waals surface area (Å²) < 4.78 is 0. The van der Waals surface area contributed by atoms with E-state index < -0.39 is 5.54 Å². The number of hydrogen-bond donors (Lipinski definition) is 2. The highest BCUT2D eigenvalue weighted by Crippen LogP contribution is 2.42. The Morgan fingerprint density at radius 3 is 2.55 bits per heavy atom. The molecule has 3 N–H and O–H groups in total. The molecule has 1 fully saturated rings. The molecule has 0 spiro atoms. The molecule has 4 heteroatoms. The number of carbonyl (C=O) groups is 1. The third-order valence-corrected chi connectivity index (χ3v) is 4.90. The molecule has 20 heavy (non-hydrogen) atoms. The Morgan fingerprint density at radius 1 is 1.40 bits per heavy atom. The van der Waals surface area contributed by atoms with Crippen LogP contribution in [0.2, 0.25) is 0 Å². The van der Waals surface area contributed by atoms with Crippen LogP contribution in [0.3, 0.4) is 0 Å². The van der Waals surface area contributed by atoms with Crippen LogP contribution in [0.4, 0.5) is 0 Å². The molecule has 0 heterocycles. The molecule has 3 nitrogen and oxygen atoms in total. The minimum absolute atomic E-state index is 0.200. The predicted octanol–water partition coefficient (Wildman–Crippen LogP) is 2.55. The van der Waals surface area contributed by atoms with Crippen LogP contribution in [0.5, 0.6) is 0 Å². The highest BCUT2D eigenvalue weighted by atomic mass is 32.2. The normalized spacial score (nSPS) is 17.9. The molecule has 1 saturated carbocycles. The lowest BCUT2D eigenvalue weighted by atomic mass is 9.93. The van der Waals surface area contributed by atoms with Crippen molar-refractivity contribution in [2.24, 2.45) is 11.7 Å². The largest absolute Gasteiger partial charge is 0.368 e. The van der Waals surface area contributed by atoms with Crippen LogP contribution in [0.15, 0.2) is 30.3 Å². The summed E-state index contributed by atoms with van der Waals surface area (Å²) >= 11 is 1.79. The molecule has 1 aliphatic rings. The van der Waals surface area contributed by atoms with E-state index in [-0.39, 0.29) is 11.9 Å². The van der Waals surface area contributed by atoms with Crippen molar-refractivity contribution in [2.45, 2.75) is 44.0 Å². The first-order valence-electron chi connectivity index (χ1n) is 7.24. The SMILES string of the molecule is CC(C)NC(CSCc1ccccc1)(C(N)=O)C1CC1. The van der Waals surface area contributed by atoms with E-state index in [0.29, 0.717) is 5.92 Å². The first-order chi connectivity index (χ1) is 9.54. The van der Waals surface area contributed by atoms with Crippen molar-refractivity contribution in [2.75, 3.05) is 5.75 Å². The summed E-state index contributed by atoms with van der Waals surface area (Å²) in [5.41, 5.74) is 6.48. The minimum Gasteiger partial charge on any atom is -0.368 e. The van der Waals surface area contributed by atoms with Crippen molar-refractivity contribution < 1.29 is 4.79 Å². The highest BCUT2D eigenvalue weighted by Gasteiger charge is 2.49. The van der Waals surface area contributed by atoms with Crippen LogP contribution in [-0.4, -0.2) is 23.2 Å². The number of thioether (sulfide) groups is 1. The molecule has 2 rings (SSSR count). The van der Waals surface area contributed by atoms with Gasteiger partial charge < -0.3 is 11.1 Å². The fourth-order valence-corrected chi connectivity index (χ4v) is 3.93. The van der Waals surface area contributed by atoms with Gasteiger partial charge >= 0.3 is 0 Å². The van der Waals surface area contributed by atoms with E-state index >= 15 is 0 Å². The molecule has 0 aliphatic heterocycles. The summed E-state index contributed by atoms with van der Waals surface area (Å²) in [6.07, 6.45) is 2.21. The molecule has 0 radical (unpaired) electrons. The van der Waals surface area contributed by atoms with E-state index in [1.54, 1.807) is 11.8 Å². The zero-order chi connectivity index (χ0) is 14.6. The summed E-state index contributed by atoms with van der Waals surface area (Å²) in [7, 11) is 0. The van der Waals surface area contributed by atoms with Gasteiger partial charge in [-0.1, -0.05) is 30.3 Å². The zero-order valence-corrected chi connectivity index (χ0v) is 13.1. The molecule has 1 aromatic carbocycles. The van der Waals surface area contributed by atoms with Crippen molar-refractivity contribution in [3.63, 3.8) is 0 Å². The Kier molecular flexibility index (Phi) is 5.11. The maximum absolute atomic E-state index is 12.0. The molecule has 1 amide bonds. The second kappa shape index (κ2) is 6.64. The Hall–Kier alpha value is -1.00. The standard InChI is InChI=1S/C16H24N2OS/c1-12(2)18-16(15(17)19,14-8-9-14)11-20-10-13-6-4-3-5-7-13/h3-7,12,14,18H,8-11H2,1-2H3,(H2,17,19). The molecule has 1 aliphatic carbocycles. The molecular formula is C16H24N2OS. The van der Waals surface area contributed by atoms with Gasteiger partial charge in [-0.3, -0.25) is 4.79 Å². The Morgan fingerprint density at radius 2 is 2.05 bits per heavy atom. The van der Waals surface area contributed by atoms with Gasteiger partial charge in [-0.05, 0) is 38.2 Å². The fraction of sp³-hybridized carbons (Fsp3) is 0.562. The number of carbonyl (C=O) groups excluding carboxylic acids is 1. The van der Waals surface area contributed by atoms with Crippen LogP contribution in [0.1, 0.15) is 32.3 Å². The fourth-order valence-electron chi connectivity index (χ4n) is 2.62. The molecule has 0 bridgehead atoms. The quantitative estimate of drug-likeness (QED) is 0.774. The Labute approximate surface area is 125 Å². The summed E-state index contributed by atoms with van der Waals surface area (Å²) in [5, 5.41) is 3.45. The van der Waals surface area contributed by atoms with Crippen LogP contribution >= 0.6 is 11.8 Å².